The van der Waals surface area contributed by atoms with E-state index in [0.29, 0.717) is 11.6 Å². The van der Waals surface area contributed by atoms with Gasteiger partial charge >= 0.3 is 0 Å². The van der Waals surface area contributed by atoms with Crippen LogP contribution in [-0.4, -0.2) is 34.3 Å². The average molecular weight is 324 g/mol. The summed E-state index contributed by atoms with van der Waals surface area (Å²) in [5, 5.41) is 25.1. The summed E-state index contributed by atoms with van der Waals surface area (Å²) in [7, 11) is 1.79. The standard InChI is InChI=1S/C17H16N4O3/c1-21-19-17(18-20-21)16-14(10-2-5-12(22)6-3-10)8-11-4-7-13(23)9-15(11)24-16/h2-9,16,20,22-23H,1H3,(H,18,19). The number of phenols is 2. The number of nitrogens with one attached hydrogen (secondary N) is 2. The van der Waals surface area contributed by atoms with Gasteiger partial charge in [0.15, 0.2) is 11.9 Å². The summed E-state index contributed by atoms with van der Waals surface area (Å²) in [6.45, 7) is 0. The number of rotatable bonds is 2. The zero-order valence-corrected chi connectivity index (χ0v) is 12.9. The molecule has 0 spiro atoms. The molecule has 4 rings (SSSR count). The molecule has 0 amide bonds. The molecule has 0 fully saturated rings. The number of hydrogen-bond donors (Lipinski definition) is 4. The SMILES string of the molecule is CN1NN=C(C2Oc3cc(O)ccc3C=C2c2ccc(O)cc2)N1. The molecule has 0 radical (unpaired) electrons. The maximum atomic E-state index is 9.70. The maximum Gasteiger partial charge on any atom is 0.185 e. The lowest BCUT2D eigenvalue weighted by Crippen LogP contribution is -2.44. The first kappa shape index (κ1) is 14.4. The number of ether oxygens (including phenoxy) is 1. The zero-order chi connectivity index (χ0) is 16.7. The summed E-state index contributed by atoms with van der Waals surface area (Å²) < 4.78 is 6.09. The summed E-state index contributed by atoms with van der Waals surface area (Å²) in [6.07, 6.45) is 1.53. The third kappa shape index (κ3) is 2.50. The van der Waals surface area contributed by atoms with Crippen molar-refractivity contribution >= 4 is 17.5 Å². The van der Waals surface area contributed by atoms with Crippen molar-refractivity contribution in [3.63, 3.8) is 0 Å². The van der Waals surface area contributed by atoms with Crippen molar-refractivity contribution in [2.24, 2.45) is 5.10 Å². The second-order valence-electron chi connectivity index (χ2n) is 5.63. The predicted molar refractivity (Wildman–Crippen MR) is 90.0 cm³/mol. The molecule has 2 aromatic rings. The average Bonchev–Trinajstić information content (AvgIpc) is 3.01. The Morgan fingerprint density at radius 1 is 1.08 bits per heavy atom. The van der Waals surface area contributed by atoms with Gasteiger partial charge < -0.3 is 14.9 Å². The number of phenolic OH excluding ortho intramolecular Hbond substituents is 2. The summed E-state index contributed by atoms with van der Waals surface area (Å²) in [6, 6.07) is 11.9. The summed E-state index contributed by atoms with van der Waals surface area (Å²) in [4.78, 5) is 0. The van der Waals surface area contributed by atoms with E-state index in [9.17, 15) is 10.2 Å². The van der Waals surface area contributed by atoms with E-state index in [1.54, 1.807) is 42.5 Å². The van der Waals surface area contributed by atoms with Crippen molar-refractivity contribution < 1.29 is 14.9 Å². The number of hydrazone groups is 1. The fourth-order valence-electron chi connectivity index (χ4n) is 2.74. The molecule has 7 heteroatoms. The summed E-state index contributed by atoms with van der Waals surface area (Å²) in [5.41, 5.74) is 8.55. The van der Waals surface area contributed by atoms with Crippen LogP contribution in [-0.2, 0) is 0 Å². The fraction of sp³-hybridized carbons (Fsp3) is 0.118. The van der Waals surface area contributed by atoms with Crippen LogP contribution in [0.15, 0.2) is 47.6 Å². The van der Waals surface area contributed by atoms with Crippen LogP contribution < -0.4 is 15.7 Å². The Hall–Kier alpha value is -3.19. The molecule has 122 valence electrons. The second kappa shape index (κ2) is 5.47. The summed E-state index contributed by atoms with van der Waals surface area (Å²) >= 11 is 0. The van der Waals surface area contributed by atoms with Crippen molar-refractivity contribution in [1.29, 1.82) is 0 Å². The highest BCUT2D eigenvalue weighted by molar-refractivity contribution is 6.04. The normalized spacial score (nSPS) is 19.5. The molecular formula is C17H16N4O3. The van der Waals surface area contributed by atoms with Crippen LogP contribution in [0, 0.1) is 0 Å². The number of nitrogens with zero attached hydrogens (tertiary/aromatic N) is 2. The molecule has 0 saturated heterocycles. The van der Waals surface area contributed by atoms with Crippen molar-refractivity contribution in [3.05, 3.63) is 53.6 Å². The molecule has 1 unspecified atom stereocenters. The minimum absolute atomic E-state index is 0.144. The van der Waals surface area contributed by atoms with Gasteiger partial charge in [0, 0.05) is 24.3 Å². The molecule has 0 aliphatic carbocycles. The molecular weight excluding hydrogens is 308 g/mol. The van der Waals surface area contributed by atoms with Crippen molar-refractivity contribution in [2.75, 3.05) is 7.05 Å². The lowest BCUT2D eigenvalue weighted by atomic mass is 9.94. The Bertz CT molecular complexity index is 845. The van der Waals surface area contributed by atoms with Gasteiger partial charge in [-0.1, -0.05) is 12.1 Å². The molecule has 1 atom stereocenters. The van der Waals surface area contributed by atoms with Crippen LogP contribution in [0.2, 0.25) is 0 Å². The minimum Gasteiger partial charge on any atom is -0.508 e. The first-order valence-electron chi connectivity index (χ1n) is 7.44. The second-order valence-corrected chi connectivity index (χ2v) is 5.63. The predicted octanol–water partition coefficient (Wildman–Crippen LogP) is 1.67. The zero-order valence-electron chi connectivity index (χ0n) is 12.9. The Morgan fingerprint density at radius 3 is 2.54 bits per heavy atom. The van der Waals surface area contributed by atoms with E-state index in [2.05, 4.69) is 16.1 Å². The van der Waals surface area contributed by atoms with Gasteiger partial charge in [-0.2, -0.15) is 0 Å². The number of hydrogen-bond acceptors (Lipinski definition) is 7. The van der Waals surface area contributed by atoms with Crippen molar-refractivity contribution in [3.8, 4) is 17.2 Å². The number of fused-ring (bicyclic) bond motifs is 1. The first-order chi connectivity index (χ1) is 11.6. The van der Waals surface area contributed by atoms with Gasteiger partial charge in [-0.05, 0) is 35.9 Å². The van der Waals surface area contributed by atoms with Gasteiger partial charge in [0.25, 0.3) is 0 Å². The van der Waals surface area contributed by atoms with Gasteiger partial charge in [0.05, 0.1) is 0 Å². The highest BCUT2D eigenvalue weighted by Gasteiger charge is 2.31. The third-order valence-corrected chi connectivity index (χ3v) is 3.89. The topological polar surface area (TPSA) is 89.4 Å². The molecule has 24 heavy (non-hydrogen) atoms. The van der Waals surface area contributed by atoms with E-state index in [1.165, 1.54) is 0 Å². The molecule has 4 N–H and O–H groups in total. The highest BCUT2D eigenvalue weighted by Crippen LogP contribution is 2.37. The lowest BCUT2D eigenvalue weighted by molar-refractivity contribution is 0.225. The van der Waals surface area contributed by atoms with Gasteiger partial charge in [-0.15, -0.1) is 10.2 Å². The molecule has 2 aliphatic rings. The monoisotopic (exact) mass is 324 g/mol. The van der Waals surface area contributed by atoms with E-state index < -0.39 is 6.10 Å². The number of amidine groups is 1. The van der Waals surface area contributed by atoms with Gasteiger partial charge in [0.2, 0.25) is 0 Å². The van der Waals surface area contributed by atoms with E-state index >= 15 is 0 Å². The van der Waals surface area contributed by atoms with E-state index in [4.69, 9.17) is 4.74 Å². The van der Waals surface area contributed by atoms with Gasteiger partial charge in [-0.3, -0.25) is 5.43 Å². The molecule has 7 nitrogen and oxygen atoms in total. The lowest BCUT2D eigenvalue weighted by Gasteiger charge is -2.27. The minimum atomic E-state index is -0.471. The Balaban J connectivity index is 1.81. The molecule has 0 saturated carbocycles. The van der Waals surface area contributed by atoms with Crippen LogP contribution in [0.1, 0.15) is 11.1 Å². The highest BCUT2D eigenvalue weighted by atomic mass is 16.5. The maximum absolute atomic E-state index is 9.70. The van der Waals surface area contributed by atoms with Crippen LogP contribution in [0.5, 0.6) is 17.2 Å². The van der Waals surface area contributed by atoms with E-state index in [1.807, 2.05) is 18.2 Å². The molecule has 2 aromatic carbocycles. The van der Waals surface area contributed by atoms with E-state index in [0.717, 1.165) is 16.7 Å². The van der Waals surface area contributed by atoms with Crippen molar-refractivity contribution in [1.82, 2.24) is 16.1 Å². The fourth-order valence-corrected chi connectivity index (χ4v) is 2.74. The number of benzene rings is 2. The number of aromatic hydroxyl groups is 2. The van der Waals surface area contributed by atoms with Crippen LogP contribution in [0.25, 0.3) is 11.6 Å². The Labute approximate surface area is 138 Å². The molecule has 0 bridgehead atoms. The smallest absolute Gasteiger partial charge is 0.185 e. The molecule has 0 aromatic heterocycles. The molecule has 2 heterocycles. The third-order valence-electron chi connectivity index (χ3n) is 3.89. The number of hydrazine groups is 2. The quantitative estimate of drug-likeness (QED) is 0.672. The van der Waals surface area contributed by atoms with Gasteiger partial charge in [0.1, 0.15) is 17.2 Å². The summed E-state index contributed by atoms with van der Waals surface area (Å²) in [5.74, 6) is 1.54. The Kier molecular flexibility index (Phi) is 3.28. The largest absolute Gasteiger partial charge is 0.508 e. The first-order valence-corrected chi connectivity index (χ1v) is 7.44. The van der Waals surface area contributed by atoms with Crippen LogP contribution in [0.3, 0.4) is 0 Å². The Morgan fingerprint density at radius 2 is 1.83 bits per heavy atom. The van der Waals surface area contributed by atoms with Crippen molar-refractivity contribution in [2.45, 2.75) is 6.10 Å². The van der Waals surface area contributed by atoms with Gasteiger partial charge in [-0.25, -0.2) is 5.53 Å². The van der Waals surface area contributed by atoms with E-state index in [-0.39, 0.29) is 11.5 Å². The molecule has 2 aliphatic heterocycles. The van der Waals surface area contributed by atoms with Crippen LogP contribution in [0.4, 0.5) is 0 Å². The van der Waals surface area contributed by atoms with Crippen LogP contribution >= 0.6 is 0 Å².